The van der Waals surface area contributed by atoms with E-state index in [4.69, 9.17) is 0 Å². The maximum Gasteiger partial charge on any atom is -0.00134 e. The Morgan fingerprint density at radius 3 is 2.00 bits per heavy atom. The predicted octanol–water partition coefficient (Wildman–Crippen LogP) is 5.21. The lowest BCUT2D eigenvalue weighted by Crippen LogP contribution is -2.43. The van der Waals surface area contributed by atoms with E-state index in [0.717, 1.165) is 11.8 Å². The first kappa shape index (κ1) is 17.0. The summed E-state index contributed by atoms with van der Waals surface area (Å²) in [6, 6.07) is 0. The van der Waals surface area contributed by atoms with Crippen LogP contribution >= 0.6 is 0 Å². The average molecular weight is 268 g/mol. The van der Waals surface area contributed by atoms with Gasteiger partial charge in [0.2, 0.25) is 0 Å². The van der Waals surface area contributed by atoms with Gasteiger partial charge in [0, 0.05) is 0 Å². The van der Waals surface area contributed by atoms with Crippen LogP contribution in [0.2, 0.25) is 0 Å². The molecule has 0 aromatic rings. The van der Waals surface area contributed by atoms with Crippen molar-refractivity contribution < 1.29 is 0 Å². The first-order valence-electron chi connectivity index (χ1n) is 8.36. The van der Waals surface area contributed by atoms with E-state index in [-0.39, 0.29) is 0 Å². The van der Waals surface area contributed by atoms with Crippen LogP contribution < -0.4 is 0 Å². The summed E-state index contributed by atoms with van der Waals surface area (Å²) in [6.07, 6.45) is 5.49. The Hall–Kier alpha value is -0.0400. The van der Waals surface area contributed by atoms with Gasteiger partial charge in [0.1, 0.15) is 0 Å². The van der Waals surface area contributed by atoms with Crippen molar-refractivity contribution >= 4 is 0 Å². The lowest BCUT2D eigenvalue weighted by atomic mass is 9.67. The summed E-state index contributed by atoms with van der Waals surface area (Å²) in [4.78, 5) is 2.69. The second kappa shape index (κ2) is 6.61. The summed E-state index contributed by atoms with van der Waals surface area (Å²) < 4.78 is 0. The molecule has 0 spiro atoms. The van der Waals surface area contributed by atoms with E-state index in [1.54, 1.807) is 0 Å². The highest BCUT2D eigenvalue weighted by Crippen LogP contribution is 2.41. The van der Waals surface area contributed by atoms with E-state index in [2.05, 4.69) is 53.4 Å². The fourth-order valence-corrected chi connectivity index (χ4v) is 3.38. The third kappa shape index (κ3) is 5.45. The van der Waals surface area contributed by atoms with Crippen LogP contribution in [0.4, 0.5) is 0 Å². The first-order chi connectivity index (χ1) is 8.64. The van der Waals surface area contributed by atoms with E-state index in [9.17, 15) is 0 Å². The van der Waals surface area contributed by atoms with Crippen LogP contribution in [-0.4, -0.2) is 24.5 Å². The van der Waals surface area contributed by atoms with Gasteiger partial charge in [-0.25, -0.2) is 0 Å². The van der Waals surface area contributed by atoms with Gasteiger partial charge >= 0.3 is 0 Å². The molecular weight excluding hydrogens is 230 g/mol. The number of nitrogens with zero attached hydrogens (tertiary/aromatic N) is 1. The van der Waals surface area contributed by atoms with E-state index < -0.39 is 0 Å². The monoisotopic (exact) mass is 267 g/mol. The van der Waals surface area contributed by atoms with Crippen molar-refractivity contribution in [2.45, 2.75) is 74.1 Å². The molecule has 0 saturated carbocycles. The maximum atomic E-state index is 2.69. The van der Waals surface area contributed by atoms with Crippen molar-refractivity contribution in [1.29, 1.82) is 0 Å². The number of hydrogen-bond donors (Lipinski definition) is 0. The molecular formula is C18H37N. The van der Waals surface area contributed by atoms with Gasteiger partial charge in [0.15, 0.2) is 0 Å². The summed E-state index contributed by atoms with van der Waals surface area (Å²) in [5, 5.41) is 0. The molecule has 0 N–H and O–H groups in total. The Bertz CT molecular complexity index is 253. The van der Waals surface area contributed by atoms with Crippen LogP contribution in [0.5, 0.6) is 0 Å². The molecule has 0 aromatic heterocycles. The molecule has 1 atom stereocenters. The quantitative estimate of drug-likeness (QED) is 0.661. The van der Waals surface area contributed by atoms with Crippen LogP contribution in [0.1, 0.15) is 74.1 Å². The SMILES string of the molecule is CC(C)C(C)C1(C)CCN(CCCC(C)(C)C)CC1. The molecule has 0 bridgehead atoms. The minimum Gasteiger partial charge on any atom is -0.303 e. The first-order valence-corrected chi connectivity index (χ1v) is 8.36. The highest BCUT2D eigenvalue weighted by Gasteiger charge is 2.36. The highest BCUT2D eigenvalue weighted by atomic mass is 15.1. The Balaban J connectivity index is 2.33. The Morgan fingerprint density at radius 1 is 1.05 bits per heavy atom. The molecule has 1 saturated heterocycles. The normalized spacial score (nSPS) is 22.7. The molecule has 1 unspecified atom stereocenters. The Morgan fingerprint density at radius 2 is 1.58 bits per heavy atom. The predicted molar refractivity (Wildman–Crippen MR) is 86.5 cm³/mol. The molecule has 1 rings (SSSR count). The summed E-state index contributed by atoms with van der Waals surface area (Å²) in [6.45, 7) is 20.7. The smallest absolute Gasteiger partial charge is 0.00134 e. The fourth-order valence-electron chi connectivity index (χ4n) is 3.38. The summed E-state index contributed by atoms with van der Waals surface area (Å²) >= 11 is 0. The van der Waals surface area contributed by atoms with Crippen molar-refractivity contribution in [1.82, 2.24) is 4.90 Å². The molecule has 1 aliphatic heterocycles. The van der Waals surface area contributed by atoms with Gasteiger partial charge in [-0.1, -0.05) is 48.5 Å². The van der Waals surface area contributed by atoms with E-state index in [1.165, 1.54) is 45.3 Å². The number of piperidine rings is 1. The molecule has 1 heteroatoms. The molecule has 114 valence electrons. The zero-order chi connectivity index (χ0) is 14.7. The van der Waals surface area contributed by atoms with Crippen molar-refractivity contribution in [2.75, 3.05) is 19.6 Å². The number of hydrogen-bond acceptors (Lipinski definition) is 1. The minimum atomic E-state index is 0.496. The Kier molecular flexibility index (Phi) is 5.92. The third-order valence-corrected chi connectivity index (χ3v) is 5.50. The third-order valence-electron chi connectivity index (χ3n) is 5.50. The lowest BCUT2D eigenvalue weighted by Gasteiger charge is -2.45. The average Bonchev–Trinajstić information content (AvgIpc) is 2.29. The minimum absolute atomic E-state index is 0.496. The van der Waals surface area contributed by atoms with Gasteiger partial charge in [-0.05, 0) is 68.0 Å². The molecule has 1 aliphatic rings. The molecule has 0 aromatic carbocycles. The summed E-state index contributed by atoms with van der Waals surface area (Å²) in [7, 11) is 0. The van der Waals surface area contributed by atoms with E-state index in [1.807, 2.05) is 0 Å². The molecule has 1 fully saturated rings. The van der Waals surface area contributed by atoms with Crippen LogP contribution in [0.15, 0.2) is 0 Å². The molecule has 0 amide bonds. The topological polar surface area (TPSA) is 3.24 Å². The second-order valence-corrected chi connectivity index (χ2v) is 8.69. The van der Waals surface area contributed by atoms with E-state index in [0.29, 0.717) is 10.8 Å². The van der Waals surface area contributed by atoms with Crippen molar-refractivity contribution in [3.8, 4) is 0 Å². The van der Waals surface area contributed by atoms with Gasteiger partial charge in [-0.2, -0.15) is 0 Å². The largest absolute Gasteiger partial charge is 0.303 e. The van der Waals surface area contributed by atoms with Gasteiger partial charge in [0.25, 0.3) is 0 Å². The molecule has 1 heterocycles. The maximum absolute atomic E-state index is 2.69. The van der Waals surface area contributed by atoms with Crippen LogP contribution in [0.25, 0.3) is 0 Å². The molecule has 1 nitrogen and oxygen atoms in total. The highest BCUT2D eigenvalue weighted by molar-refractivity contribution is 4.87. The van der Waals surface area contributed by atoms with Crippen molar-refractivity contribution in [3.63, 3.8) is 0 Å². The Labute approximate surface area is 122 Å². The van der Waals surface area contributed by atoms with Gasteiger partial charge in [-0.3, -0.25) is 0 Å². The zero-order valence-electron chi connectivity index (χ0n) is 14.6. The van der Waals surface area contributed by atoms with Gasteiger partial charge in [-0.15, -0.1) is 0 Å². The van der Waals surface area contributed by atoms with E-state index >= 15 is 0 Å². The summed E-state index contributed by atoms with van der Waals surface area (Å²) in [5.74, 6) is 1.67. The second-order valence-electron chi connectivity index (χ2n) is 8.69. The molecule has 0 aliphatic carbocycles. The molecule has 0 radical (unpaired) electrons. The lowest BCUT2D eigenvalue weighted by molar-refractivity contribution is 0.0489. The van der Waals surface area contributed by atoms with Crippen LogP contribution in [0.3, 0.4) is 0 Å². The van der Waals surface area contributed by atoms with Crippen molar-refractivity contribution in [3.05, 3.63) is 0 Å². The van der Waals surface area contributed by atoms with Gasteiger partial charge < -0.3 is 4.90 Å². The zero-order valence-corrected chi connectivity index (χ0v) is 14.6. The standard InChI is InChI=1S/C18H37N/c1-15(2)16(3)18(7)10-13-19(14-11-18)12-8-9-17(4,5)6/h15-16H,8-14H2,1-7H3. The number of likely N-dealkylation sites (tertiary alicyclic amines) is 1. The molecule has 19 heavy (non-hydrogen) atoms. The van der Waals surface area contributed by atoms with Crippen LogP contribution in [0, 0.1) is 22.7 Å². The van der Waals surface area contributed by atoms with Crippen LogP contribution in [-0.2, 0) is 0 Å². The fraction of sp³-hybridized carbons (Fsp3) is 1.00. The summed E-state index contributed by atoms with van der Waals surface area (Å²) in [5.41, 5.74) is 1.07. The van der Waals surface area contributed by atoms with Gasteiger partial charge in [0.05, 0.1) is 0 Å². The van der Waals surface area contributed by atoms with Crippen molar-refractivity contribution in [2.24, 2.45) is 22.7 Å². The number of rotatable bonds is 5.